The number of carbonyl (C=O) groups is 1. The first kappa shape index (κ1) is 14.1. The van der Waals surface area contributed by atoms with Crippen LogP contribution < -0.4 is 4.90 Å². The van der Waals surface area contributed by atoms with Gasteiger partial charge >= 0.3 is 0 Å². The molecule has 1 aliphatic heterocycles. The van der Waals surface area contributed by atoms with E-state index < -0.39 is 6.61 Å². The number of aromatic nitrogens is 1. The van der Waals surface area contributed by atoms with Crippen LogP contribution in [0.2, 0.25) is 5.02 Å². The van der Waals surface area contributed by atoms with Crippen LogP contribution >= 0.6 is 11.6 Å². The summed E-state index contributed by atoms with van der Waals surface area (Å²) in [6, 6.07) is 9.62. The van der Waals surface area contributed by atoms with Gasteiger partial charge in [-0.3, -0.25) is 4.79 Å². The Kier molecular flexibility index (Phi) is 3.94. The SMILES string of the molecule is O=C(CO)N1CCN(c2ccc3cc(Cl)ccc3n2)CC1. The zero-order chi connectivity index (χ0) is 14.8. The van der Waals surface area contributed by atoms with Gasteiger partial charge in [-0.05, 0) is 30.3 Å². The van der Waals surface area contributed by atoms with Crippen molar-refractivity contribution in [3.8, 4) is 0 Å². The smallest absolute Gasteiger partial charge is 0.248 e. The van der Waals surface area contributed by atoms with Gasteiger partial charge in [-0.1, -0.05) is 11.6 Å². The Morgan fingerprint density at radius 3 is 2.67 bits per heavy atom. The Morgan fingerprint density at radius 1 is 1.19 bits per heavy atom. The maximum absolute atomic E-state index is 11.4. The van der Waals surface area contributed by atoms with Gasteiger partial charge < -0.3 is 14.9 Å². The fourth-order valence-electron chi connectivity index (χ4n) is 2.55. The lowest BCUT2D eigenvalue weighted by molar-refractivity contribution is -0.134. The maximum Gasteiger partial charge on any atom is 0.248 e. The second-order valence-corrected chi connectivity index (χ2v) is 5.47. The minimum atomic E-state index is -0.422. The van der Waals surface area contributed by atoms with Crippen LogP contribution in [0.4, 0.5) is 5.82 Å². The van der Waals surface area contributed by atoms with Gasteiger partial charge in [0.2, 0.25) is 5.91 Å². The molecule has 1 aromatic heterocycles. The van der Waals surface area contributed by atoms with Crippen LogP contribution in [-0.2, 0) is 4.79 Å². The average molecular weight is 306 g/mol. The molecule has 2 aromatic rings. The predicted molar refractivity (Wildman–Crippen MR) is 82.6 cm³/mol. The van der Waals surface area contributed by atoms with Crippen LogP contribution in [0, 0.1) is 0 Å². The molecule has 1 aromatic carbocycles. The lowest BCUT2D eigenvalue weighted by atomic mass is 10.2. The standard InChI is InChI=1S/C15H16ClN3O2/c16-12-2-3-13-11(9-12)1-4-14(17-13)18-5-7-19(8-6-18)15(21)10-20/h1-4,9,20H,5-8,10H2. The summed E-state index contributed by atoms with van der Waals surface area (Å²) in [5.74, 6) is 0.691. The number of pyridine rings is 1. The molecule has 0 unspecified atom stereocenters. The molecule has 3 rings (SSSR count). The number of hydrogen-bond donors (Lipinski definition) is 1. The molecule has 21 heavy (non-hydrogen) atoms. The van der Waals surface area contributed by atoms with Crippen molar-refractivity contribution in [1.82, 2.24) is 9.88 Å². The minimum absolute atomic E-state index is 0.212. The second kappa shape index (κ2) is 5.87. The van der Waals surface area contributed by atoms with Crippen LogP contribution in [0.3, 0.4) is 0 Å². The highest BCUT2D eigenvalue weighted by Crippen LogP contribution is 2.22. The van der Waals surface area contributed by atoms with Crippen molar-refractivity contribution in [3.05, 3.63) is 35.4 Å². The van der Waals surface area contributed by atoms with E-state index in [4.69, 9.17) is 16.7 Å². The van der Waals surface area contributed by atoms with Gasteiger partial charge in [-0.2, -0.15) is 0 Å². The largest absolute Gasteiger partial charge is 0.387 e. The number of aliphatic hydroxyl groups is 1. The molecule has 6 heteroatoms. The van der Waals surface area contributed by atoms with E-state index in [0.29, 0.717) is 18.1 Å². The number of hydrogen-bond acceptors (Lipinski definition) is 4. The van der Waals surface area contributed by atoms with Crippen LogP contribution in [0.5, 0.6) is 0 Å². The molecule has 1 aliphatic rings. The summed E-state index contributed by atoms with van der Waals surface area (Å²) in [5.41, 5.74) is 0.908. The molecule has 0 atom stereocenters. The number of fused-ring (bicyclic) bond motifs is 1. The van der Waals surface area contributed by atoms with Crippen LogP contribution in [0.1, 0.15) is 0 Å². The number of rotatable bonds is 2. The maximum atomic E-state index is 11.4. The van der Waals surface area contributed by atoms with Gasteiger partial charge in [0.25, 0.3) is 0 Å². The van der Waals surface area contributed by atoms with E-state index in [-0.39, 0.29) is 5.91 Å². The van der Waals surface area contributed by atoms with Crippen molar-refractivity contribution in [2.24, 2.45) is 0 Å². The van der Waals surface area contributed by atoms with Gasteiger partial charge in [-0.15, -0.1) is 0 Å². The van der Waals surface area contributed by atoms with Crippen molar-refractivity contribution >= 4 is 34.2 Å². The van der Waals surface area contributed by atoms with E-state index in [9.17, 15) is 4.79 Å². The lowest BCUT2D eigenvalue weighted by Crippen LogP contribution is -2.49. The number of amides is 1. The van der Waals surface area contributed by atoms with Crippen LogP contribution in [0.25, 0.3) is 10.9 Å². The van der Waals surface area contributed by atoms with Gasteiger partial charge in [0.05, 0.1) is 5.52 Å². The summed E-state index contributed by atoms with van der Waals surface area (Å²) in [4.78, 5) is 19.9. The van der Waals surface area contributed by atoms with Crippen LogP contribution in [-0.4, -0.2) is 53.7 Å². The number of halogens is 1. The highest BCUT2D eigenvalue weighted by molar-refractivity contribution is 6.31. The van der Waals surface area contributed by atoms with Crippen molar-refractivity contribution in [2.75, 3.05) is 37.7 Å². The minimum Gasteiger partial charge on any atom is -0.387 e. The third kappa shape index (κ3) is 2.94. The molecule has 0 saturated carbocycles. The molecule has 0 radical (unpaired) electrons. The molecule has 1 saturated heterocycles. The Bertz CT molecular complexity index is 669. The molecule has 1 N–H and O–H groups in total. The third-order valence-electron chi connectivity index (χ3n) is 3.73. The average Bonchev–Trinajstić information content (AvgIpc) is 2.53. The fraction of sp³-hybridized carbons (Fsp3) is 0.333. The van der Waals surface area contributed by atoms with E-state index >= 15 is 0 Å². The topological polar surface area (TPSA) is 56.7 Å². The van der Waals surface area contributed by atoms with E-state index in [1.807, 2.05) is 30.3 Å². The molecule has 0 aliphatic carbocycles. The molecular weight excluding hydrogens is 290 g/mol. The first-order valence-electron chi connectivity index (χ1n) is 6.87. The number of nitrogens with zero attached hydrogens (tertiary/aromatic N) is 3. The molecular formula is C15H16ClN3O2. The summed E-state index contributed by atoms with van der Waals surface area (Å²) >= 11 is 5.97. The zero-order valence-corrected chi connectivity index (χ0v) is 12.3. The monoisotopic (exact) mass is 305 g/mol. The normalized spacial score (nSPS) is 15.5. The Balaban J connectivity index is 1.76. The number of aliphatic hydroxyl groups excluding tert-OH is 1. The lowest BCUT2D eigenvalue weighted by Gasteiger charge is -2.35. The van der Waals surface area contributed by atoms with Crippen LogP contribution in [0.15, 0.2) is 30.3 Å². The fourth-order valence-corrected chi connectivity index (χ4v) is 2.73. The van der Waals surface area contributed by atoms with E-state index in [1.165, 1.54) is 0 Å². The summed E-state index contributed by atoms with van der Waals surface area (Å²) in [5, 5.41) is 10.6. The molecule has 0 bridgehead atoms. The third-order valence-corrected chi connectivity index (χ3v) is 3.96. The van der Waals surface area contributed by atoms with Gasteiger partial charge in [0.15, 0.2) is 0 Å². The summed E-state index contributed by atoms with van der Waals surface area (Å²) < 4.78 is 0. The molecule has 0 spiro atoms. The van der Waals surface area contributed by atoms with Gasteiger partial charge in [0.1, 0.15) is 12.4 Å². The number of anilines is 1. The van der Waals surface area contributed by atoms with E-state index in [0.717, 1.165) is 29.8 Å². The molecule has 2 heterocycles. The summed E-state index contributed by atoms with van der Waals surface area (Å²) in [7, 11) is 0. The van der Waals surface area contributed by atoms with E-state index in [1.54, 1.807) is 4.90 Å². The number of carbonyl (C=O) groups excluding carboxylic acids is 1. The first-order valence-corrected chi connectivity index (χ1v) is 7.25. The molecule has 5 nitrogen and oxygen atoms in total. The number of piperazine rings is 1. The molecule has 1 amide bonds. The Labute approximate surface area is 127 Å². The molecule has 110 valence electrons. The second-order valence-electron chi connectivity index (χ2n) is 5.03. The Hall–Kier alpha value is -1.85. The van der Waals surface area contributed by atoms with Crippen molar-refractivity contribution in [3.63, 3.8) is 0 Å². The summed E-state index contributed by atoms with van der Waals surface area (Å²) in [6.07, 6.45) is 0. The molecule has 1 fully saturated rings. The highest BCUT2D eigenvalue weighted by Gasteiger charge is 2.21. The summed E-state index contributed by atoms with van der Waals surface area (Å²) in [6.45, 7) is 2.24. The van der Waals surface area contributed by atoms with Crippen molar-refractivity contribution < 1.29 is 9.90 Å². The van der Waals surface area contributed by atoms with Gasteiger partial charge in [-0.25, -0.2) is 4.98 Å². The number of benzene rings is 1. The van der Waals surface area contributed by atoms with Crippen molar-refractivity contribution in [2.45, 2.75) is 0 Å². The van der Waals surface area contributed by atoms with E-state index in [2.05, 4.69) is 9.88 Å². The van der Waals surface area contributed by atoms with Crippen molar-refractivity contribution in [1.29, 1.82) is 0 Å². The Morgan fingerprint density at radius 2 is 1.95 bits per heavy atom. The first-order chi connectivity index (χ1) is 10.2. The van der Waals surface area contributed by atoms with Gasteiger partial charge in [0, 0.05) is 36.6 Å². The zero-order valence-electron chi connectivity index (χ0n) is 11.5. The highest BCUT2D eigenvalue weighted by atomic mass is 35.5. The quantitative estimate of drug-likeness (QED) is 0.914. The predicted octanol–water partition coefficient (Wildman–Crippen LogP) is 1.53.